The van der Waals surface area contributed by atoms with Crippen molar-refractivity contribution in [3.8, 4) is 11.4 Å². The maximum Gasteiger partial charge on any atom is 0.338 e. The molecule has 0 spiro atoms. The van der Waals surface area contributed by atoms with Crippen LogP contribution >= 0.6 is 0 Å². The van der Waals surface area contributed by atoms with E-state index in [1.54, 1.807) is 37.3 Å². The molecule has 0 saturated heterocycles. The molecule has 0 radical (unpaired) electrons. The van der Waals surface area contributed by atoms with Gasteiger partial charge in [-0.1, -0.05) is 12.1 Å². The lowest BCUT2D eigenvalue weighted by molar-refractivity contribution is 0.0526. The van der Waals surface area contributed by atoms with Gasteiger partial charge < -0.3 is 9.72 Å². The number of nitrogens with zero attached hydrogens (tertiary/aromatic N) is 1. The molecule has 3 N–H and O–H groups in total. The molecule has 0 aliphatic heterocycles. The standard InChI is InChI=1S/C16H15N3O4S/c1-2-23-16(20)11-5-3-4-10(8-11)15-18-13-7-6-12(24(17,21)22)9-14(13)19-15/h3-9H,2H2,1H3,(H,18,19)(H2,17,21,22). The van der Waals surface area contributed by atoms with Gasteiger partial charge in [-0.25, -0.2) is 23.3 Å². The van der Waals surface area contributed by atoms with Crippen molar-refractivity contribution < 1.29 is 17.9 Å². The lowest BCUT2D eigenvalue weighted by atomic mass is 10.1. The number of imidazole rings is 1. The molecule has 3 aromatic rings. The molecule has 8 heteroatoms. The lowest BCUT2D eigenvalue weighted by Gasteiger charge is -2.03. The fraction of sp³-hybridized carbons (Fsp3) is 0.125. The molecule has 0 saturated carbocycles. The van der Waals surface area contributed by atoms with Crippen molar-refractivity contribution in [1.29, 1.82) is 0 Å². The summed E-state index contributed by atoms with van der Waals surface area (Å²) in [5.41, 5.74) is 2.24. The van der Waals surface area contributed by atoms with Crippen LogP contribution in [-0.4, -0.2) is 31.0 Å². The van der Waals surface area contributed by atoms with Crippen LogP contribution in [0, 0.1) is 0 Å². The second kappa shape index (κ2) is 6.06. The van der Waals surface area contributed by atoms with Crippen LogP contribution in [0.15, 0.2) is 47.4 Å². The number of hydrogen-bond donors (Lipinski definition) is 2. The first-order valence-electron chi connectivity index (χ1n) is 7.18. The maximum absolute atomic E-state index is 11.8. The van der Waals surface area contributed by atoms with Crippen molar-refractivity contribution in [3.05, 3.63) is 48.0 Å². The molecular weight excluding hydrogens is 330 g/mol. The second-order valence-electron chi connectivity index (χ2n) is 5.11. The minimum Gasteiger partial charge on any atom is -0.462 e. The Hall–Kier alpha value is -2.71. The number of carbonyl (C=O) groups excluding carboxylic acids is 1. The van der Waals surface area contributed by atoms with E-state index < -0.39 is 16.0 Å². The minimum atomic E-state index is -3.78. The molecule has 0 aliphatic rings. The first-order chi connectivity index (χ1) is 11.4. The number of carbonyl (C=O) groups is 1. The number of benzene rings is 2. The zero-order chi connectivity index (χ0) is 17.3. The Balaban J connectivity index is 2.04. The quantitative estimate of drug-likeness (QED) is 0.702. The average molecular weight is 345 g/mol. The highest BCUT2D eigenvalue weighted by Gasteiger charge is 2.13. The van der Waals surface area contributed by atoms with Crippen molar-refractivity contribution in [2.45, 2.75) is 11.8 Å². The molecule has 124 valence electrons. The number of aromatic nitrogens is 2. The molecule has 0 atom stereocenters. The summed E-state index contributed by atoms with van der Waals surface area (Å²) in [5, 5.41) is 5.13. The van der Waals surface area contributed by atoms with E-state index in [9.17, 15) is 13.2 Å². The summed E-state index contributed by atoms with van der Waals surface area (Å²) < 4.78 is 27.8. The first-order valence-corrected chi connectivity index (χ1v) is 8.73. The van der Waals surface area contributed by atoms with Crippen LogP contribution < -0.4 is 5.14 Å². The number of rotatable bonds is 4. The van der Waals surface area contributed by atoms with Crippen LogP contribution in [0.2, 0.25) is 0 Å². The summed E-state index contributed by atoms with van der Waals surface area (Å²) in [6.45, 7) is 2.04. The van der Waals surface area contributed by atoms with Gasteiger partial charge in [0.25, 0.3) is 0 Å². The number of fused-ring (bicyclic) bond motifs is 1. The Labute approximate surface area is 138 Å². The van der Waals surface area contributed by atoms with Crippen molar-refractivity contribution in [2.24, 2.45) is 5.14 Å². The molecule has 7 nitrogen and oxygen atoms in total. The van der Waals surface area contributed by atoms with Crippen molar-refractivity contribution in [1.82, 2.24) is 9.97 Å². The van der Waals surface area contributed by atoms with Gasteiger partial charge in [-0.05, 0) is 37.3 Å². The number of nitrogens with two attached hydrogens (primary N) is 1. The lowest BCUT2D eigenvalue weighted by Crippen LogP contribution is -2.11. The highest BCUT2D eigenvalue weighted by atomic mass is 32.2. The number of H-pyrrole nitrogens is 1. The minimum absolute atomic E-state index is 0.00507. The average Bonchev–Trinajstić information content (AvgIpc) is 2.97. The third-order valence-electron chi connectivity index (χ3n) is 3.43. The predicted molar refractivity (Wildman–Crippen MR) is 88.9 cm³/mol. The van der Waals surface area contributed by atoms with E-state index in [4.69, 9.17) is 9.88 Å². The number of nitrogens with one attached hydrogen (secondary N) is 1. The molecule has 2 aromatic carbocycles. The van der Waals surface area contributed by atoms with Gasteiger partial charge in [0.15, 0.2) is 0 Å². The van der Waals surface area contributed by atoms with Crippen LogP contribution in [0.25, 0.3) is 22.4 Å². The van der Waals surface area contributed by atoms with Crippen LogP contribution in [0.5, 0.6) is 0 Å². The Morgan fingerprint density at radius 1 is 1.25 bits per heavy atom. The first kappa shape index (κ1) is 16.2. The van der Waals surface area contributed by atoms with E-state index in [1.807, 2.05) is 0 Å². The Bertz CT molecular complexity index is 1020. The number of sulfonamides is 1. The van der Waals surface area contributed by atoms with Gasteiger partial charge >= 0.3 is 5.97 Å². The monoisotopic (exact) mass is 345 g/mol. The third kappa shape index (κ3) is 3.15. The summed E-state index contributed by atoms with van der Waals surface area (Å²) in [7, 11) is -3.78. The van der Waals surface area contributed by atoms with E-state index in [0.29, 0.717) is 34.6 Å². The smallest absolute Gasteiger partial charge is 0.338 e. The maximum atomic E-state index is 11.8. The topological polar surface area (TPSA) is 115 Å². The van der Waals surface area contributed by atoms with E-state index in [0.717, 1.165) is 0 Å². The zero-order valence-corrected chi connectivity index (χ0v) is 13.6. The van der Waals surface area contributed by atoms with Gasteiger partial charge in [-0.2, -0.15) is 0 Å². The van der Waals surface area contributed by atoms with Crippen molar-refractivity contribution in [3.63, 3.8) is 0 Å². The highest BCUT2D eigenvalue weighted by molar-refractivity contribution is 7.89. The Morgan fingerprint density at radius 2 is 2.04 bits per heavy atom. The summed E-state index contributed by atoms with van der Waals surface area (Å²) in [5.74, 6) is 0.106. The molecule has 0 amide bonds. The van der Waals surface area contributed by atoms with E-state index in [-0.39, 0.29) is 4.90 Å². The molecule has 0 bridgehead atoms. The molecular formula is C16H15N3O4S. The van der Waals surface area contributed by atoms with Crippen LogP contribution in [0.3, 0.4) is 0 Å². The normalized spacial score (nSPS) is 11.6. The SMILES string of the molecule is CCOC(=O)c1cccc(-c2nc3ccc(S(N)(=O)=O)cc3[nH]2)c1. The summed E-state index contributed by atoms with van der Waals surface area (Å²) in [4.78, 5) is 19.3. The second-order valence-corrected chi connectivity index (χ2v) is 6.67. The van der Waals surface area contributed by atoms with Gasteiger partial charge in [0.2, 0.25) is 10.0 Å². The molecule has 0 fully saturated rings. The van der Waals surface area contributed by atoms with Crippen LogP contribution in [0.4, 0.5) is 0 Å². The van der Waals surface area contributed by atoms with Gasteiger partial charge in [0.05, 0.1) is 28.1 Å². The molecule has 1 heterocycles. The molecule has 0 aliphatic carbocycles. The summed E-state index contributed by atoms with van der Waals surface area (Å²) in [6, 6.07) is 11.2. The summed E-state index contributed by atoms with van der Waals surface area (Å²) >= 11 is 0. The Morgan fingerprint density at radius 3 is 2.75 bits per heavy atom. The third-order valence-corrected chi connectivity index (χ3v) is 4.34. The number of hydrogen-bond acceptors (Lipinski definition) is 5. The van der Waals surface area contributed by atoms with Gasteiger partial charge in [0, 0.05) is 5.56 Å². The Kier molecular flexibility index (Phi) is 4.08. The number of ether oxygens (including phenoxy) is 1. The van der Waals surface area contributed by atoms with E-state index in [2.05, 4.69) is 9.97 Å². The van der Waals surface area contributed by atoms with Gasteiger partial charge in [0.1, 0.15) is 5.82 Å². The van der Waals surface area contributed by atoms with Crippen molar-refractivity contribution >= 4 is 27.0 Å². The predicted octanol–water partition coefficient (Wildman–Crippen LogP) is 2.05. The van der Waals surface area contributed by atoms with E-state index in [1.165, 1.54) is 12.1 Å². The molecule has 24 heavy (non-hydrogen) atoms. The molecule has 3 rings (SSSR count). The molecule has 1 aromatic heterocycles. The molecule has 0 unspecified atom stereocenters. The number of primary sulfonamides is 1. The fourth-order valence-corrected chi connectivity index (χ4v) is 2.85. The highest BCUT2D eigenvalue weighted by Crippen LogP contribution is 2.23. The number of esters is 1. The number of aromatic amines is 1. The zero-order valence-electron chi connectivity index (χ0n) is 12.8. The largest absolute Gasteiger partial charge is 0.462 e. The fourth-order valence-electron chi connectivity index (χ4n) is 2.31. The van der Waals surface area contributed by atoms with Gasteiger partial charge in [-0.15, -0.1) is 0 Å². The summed E-state index contributed by atoms with van der Waals surface area (Å²) in [6.07, 6.45) is 0. The van der Waals surface area contributed by atoms with E-state index >= 15 is 0 Å². The van der Waals surface area contributed by atoms with Crippen LogP contribution in [-0.2, 0) is 14.8 Å². The van der Waals surface area contributed by atoms with Crippen LogP contribution in [0.1, 0.15) is 17.3 Å². The van der Waals surface area contributed by atoms with Crippen molar-refractivity contribution in [2.75, 3.05) is 6.61 Å². The van der Waals surface area contributed by atoms with Gasteiger partial charge in [-0.3, -0.25) is 0 Å².